The Labute approximate surface area is 217 Å². The number of carbonyl (C=O) groups is 1. The summed E-state index contributed by atoms with van der Waals surface area (Å²) in [5.74, 6) is -1.44. The Kier molecular flexibility index (Phi) is 9.14. The number of anilines is 1. The molecule has 3 rings (SSSR count). The standard InChI is InChI=1S/C27H33N3O6S/c1-18(2)16-30(37(35,36)22-11-9-21(28)10-12-22)17-26(33)23(14-19-6-4-3-5-7-19)29-27(34)20-8-13-24(31)25(32)15-20/h3-13,15,18,23,26,31-33H,14,16-17,28H2,1-2H3,(H,29,34)/t23-,26+/m0/s1. The van der Waals surface area contributed by atoms with Crippen LogP contribution in [0.4, 0.5) is 5.69 Å². The van der Waals surface area contributed by atoms with Gasteiger partial charge in [-0.25, -0.2) is 8.42 Å². The zero-order chi connectivity index (χ0) is 27.2. The van der Waals surface area contributed by atoms with Gasteiger partial charge in [0.2, 0.25) is 10.0 Å². The van der Waals surface area contributed by atoms with E-state index in [4.69, 9.17) is 5.73 Å². The molecule has 198 valence electrons. The number of carbonyl (C=O) groups excluding carboxylic acids is 1. The summed E-state index contributed by atoms with van der Waals surface area (Å²) >= 11 is 0. The number of amides is 1. The molecule has 0 aliphatic carbocycles. The Morgan fingerprint density at radius 3 is 2.19 bits per heavy atom. The highest BCUT2D eigenvalue weighted by Gasteiger charge is 2.31. The Morgan fingerprint density at radius 1 is 0.946 bits per heavy atom. The zero-order valence-corrected chi connectivity index (χ0v) is 21.6. The van der Waals surface area contributed by atoms with Crippen LogP contribution in [0.25, 0.3) is 0 Å². The lowest BCUT2D eigenvalue weighted by atomic mass is 10.00. The summed E-state index contributed by atoms with van der Waals surface area (Å²) in [4.78, 5) is 13.0. The number of phenols is 2. The molecule has 0 saturated heterocycles. The summed E-state index contributed by atoms with van der Waals surface area (Å²) in [7, 11) is -3.96. The van der Waals surface area contributed by atoms with Gasteiger partial charge < -0.3 is 26.4 Å². The van der Waals surface area contributed by atoms with E-state index in [2.05, 4.69) is 5.32 Å². The first-order valence-electron chi connectivity index (χ1n) is 11.9. The summed E-state index contributed by atoms with van der Waals surface area (Å²) in [6.45, 7) is 3.64. The molecule has 6 N–H and O–H groups in total. The van der Waals surface area contributed by atoms with E-state index in [9.17, 15) is 28.5 Å². The van der Waals surface area contributed by atoms with Gasteiger partial charge in [-0.1, -0.05) is 44.2 Å². The number of sulfonamides is 1. The van der Waals surface area contributed by atoms with Crippen LogP contribution in [0.2, 0.25) is 0 Å². The van der Waals surface area contributed by atoms with Crippen molar-refractivity contribution < 1.29 is 28.5 Å². The molecule has 3 aromatic rings. The van der Waals surface area contributed by atoms with E-state index in [1.807, 2.05) is 44.2 Å². The number of aliphatic hydroxyl groups excluding tert-OH is 1. The lowest BCUT2D eigenvalue weighted by molar-refractivity contribution is 0.0775. The summed E-state index contributed by atoms with van der Waals surface area (Å²) in [6.07, 6.45) is -1.04. The number of phenolic OH excluding ortho intramolecular Hbond substituents is 2. The van der Waals surface area contributed by atoms with Crippen LogP contribution < -0.4 is 11.1 Å². The van der Waals surface area contributed by atoms with Gasteiger partial charge in [0.05, 0.1) is 17.0 Å². The molecule has 0 bridgehead atoms. The van der Waals surface area contributed by atoms with Crippen molar-refractivity contribution in [2.75, 3.05) is 18.8 Å². The van der Waals surface area contributed by atoms with Crippen LogP contribution in [0.5, 0.6) is 11.5 Å². The van der Waals surface area contributed by atoms with Crippen molar-refractivity contribution in [1.82, 2.24) is 9.62 Å². The number of nitrogens with two attached hydrogens (primary N) is 1. The summed E-state index contributed by atoms with van der Waals surface area (Å²) in [5, 5.41) is 33.4. The molecular weight excluding hydrogens is 494 g/mol. The lowest BCUT2D eigenvalue weighted by Gasteiger charge is -2.31. The van der Waals surface area contributed by atoms with E-state index in [-0.39, 0.29) is 41.6 Å². The van der Waals surface area contributed by atoms with Crippen molar-refractivity contribution >= 4 is 21.6 Å². The van der Waals surface area contributed by atoms with Gasteiger partial charge in [-0.05, 0) is 60.4 Å². The molecule has 2 atom stereocenters. The molecule has 1 amide bonds. The topological polar surface area (TPSA) is 153 Å². The maximum atomic E-state index is 13.4. The highest BCUT2D eigenvalue weighted by atomic mass is 32.2. The van der Waals surface area contributed by atoms with E-state index in [1.54, 1.807) is 0 Å². The first-order valence-corrected chi connectivity index (χ1v) is 13.3. The summed E-state index contributed by atoms with van der Waals surface area (Å²) in [5.41, 5.74) is 7.05. The van der Waals surface area contributed by atoms with Crippen LogP contribution in [-0.2, 0) is 16.4 Å². The van der Waals surface area contributed by atoms with Crippen LogP contribution >= 0.6 is 0 Å². The second kappa shape index (κ2) is 12.1. The second-order valence-corrected chi connectivity index (χ2v) is 11.3. The molecule has 10 heteroatoms. The molecule has 0 aromatic heterocycles. The van der Waals surface area contributed by atoms with Crippen LogP contribution in [-0.4, -0.2) is 59.2 Å². The third-order valence-electron chi connectivity index (χ3n) is 5.79. The average Bonchev–Trinajstić information content (AvgIpc) is 2.85. The van der Waals surface area contributed by atoms with E-state index < -0.39 is 33.8 Å². The molecule has 0 saturated carbocycles. The highest BCUT2D eigenvalue weighted by molar-refractivity contribution is 7.89. The number of aliphatic hydroxyl groups is 1. The molecular formula is C27H33N3O6S. The van der Waals surface area contributed by atoms with Crippen molar-refractivity contribution in [2.24, 2.45) is 5.92 Å². The minimum Gasteiger partial charge on any atom is -0.504 e. The van der Waals surface area contributed by atoms with Gasteiger partial charge in [0.15, 0.2) is 11.5 Å². The van der Waals surface area contributed by atoms with Gasteiger partial charge >= 0.3 is 0 Å². The molecule has 0 spiro atoms. The molecule has 0 aliphatic rings. The smallest absolute Gasteiger partial charge is 0.251 e. The van der Waals surface area contributed by atoms with E-state index in [0.717, 1.165) is 11.6 Å². The first-order chi connectivity index (χ1) is 17.5. The van der Waals surface area contributed by atoms with Crippen LogP contribution in [0, 0.1) is 5.92 Å². The van der Waals surface area contributed by atoms with E-state index in [0.29, 0.717) is 5.69 Å². The highest BCUT2D eigenvalue weighted by Crippen LogP contribution is 2.25. The summed E-state index contributed by atoms with van der Waals surface area (Å²) < 4.78 is 28.1. The third-order valence-corrected chi connectivity index (χ3v) is 7.64. The Balaban J connectivity index is 1.89. The SMILES string of the molecule is CC(C)CN(C[C@@H](O)[C@H](Cc1ccccc1)NC(=O)c1ccc(O)c(O)c1)S(=O)(=O)c1ccc(N)cc1. The molecule has 3 aromatic carbocycles. The minimum atomic E-state index is -3.96. The quantitative estimate of drug-likeness (QED) is 0.190. The van der Waals surface area contributed by atoms with Gasteiger partial charge in [-0.3, -0.25) is 4.79 Å². The van der Waals surface area contributed by atoms with Gasteiger partial charge in [0.25, 0.3) is 5.91 Å². The minimum absolute atomic E-state index is 0.0297. The Bertz CT molecular complexity index is 1300. The van der Waals surface area contributed by atoms with Crippen molar-refractivity contribution in [3.8, 4) is 11.5 Å². The first kappa shape index (κ1) is 28.0. The van der Waals surface area contributed by atoms with Crippen molar-refractivity contribution in [1.29, 1.82) is 0 Å². The second-order valence-electron chi connectivity index (χ2n) is 9.33. The van der Waals surface area contributed by atoms with Gasteiger partial charge in [-0.2, -0.15) is 4.31 Å². The number of benzene rings is 3. The van der Waals surface area contributed by atoms with Crippen molar-refractivity contribution in [3.05, 3.63) is 83.9 Å². The molecule has 0 radical (unpaired) electrons. The fraction of sp³-hybridized carbons (Fsp3) is 0.296. The van der Waals surface area contributed by atoms with Gasteiger partial charge in [0.1, 0.15) is 0 Å². The van der Waals surface area contributed by atoms with E-state index in [1.165, 1.54) is 40.7 Å². The predicted octanol–water partition coefficient (Wildman–Crippen LogP) is 2.73. The summed E-state index contributed by atoms with van der Waals surface area (Å²) in [6, 6.07) is 17.8. The maximum absolute atomic E-state index is 13.4. The normalized spacial score (nSPS) is 13.4. The Hall–Kier alpha value is -3.60. The van der Waals surface area contributed by atoms with Crippen LogP contribution in [0.15, 0.2) is 77.7 Å². The maximum Gasteiger partial charge on any atom is 0.251 e. The number of nitrogens with one attached hydrogen (secondary N) is 1. The van der Waals surface area contributed by atoms with E-state index >= 15 is 0 Å². The van der Waals surface area contributed by atoms with Gasteiger partial charge in [0, 0.05) is 24.3 Å². The Morgan fingerprint density at radius 2 is 1.59 bits per heavy atom. The van der Waals surface area contributed by atoms with Gasteiger partial charge in [-0.15, -0.1) is 0 Å². The van der Waals surface area contributed by atoms with Crippen LogP contribution in [0.3, 0.4) is 0 Å². The predicted molar refractivity (Wildman–Crippen MR) is 142 cm³/mol. The fourth-order valence-electron chi connectivity index (χ4n) is 3.87. The molecule has 0 fully saturated rings. The molecule has 37 heavy (non-hydrogen) atoms. The molecule has 0 unspecified atom stereocenters. The fourth-order valence-corrected chi connectivity index (χ4v) is 5.49. The number of aromatic hydroxyl groups is 2. The molecule has 0 aliphatic heterocycles. The molecule has 9 nitrogen and oxygen atoms in total. The largest absolute Gasteiger partial charge is 0.504 e. The zero-order valence-electron chi connectivity index (χ0n) is 20.8. The number of nitrogen functional groups attached to an aromatic ring is 1. The lowest BCUT2D eigenvalue weighted by Crippen LogP contribution is -2.51. The van der Waals surface area contributed by atoms with Crippen molar-refractivity contribution in [3.63, 3.8) is 0 Å². The number of hydrogen-bond donors (Lipinski definition) is 5. The number of rotatable bonds is 11. The monoisotopic (exact) mass is 527 g/mol. The third kappa shape index (κ3) is 7.45. The van der Waals surface area contributed by atoms with Crippen molar-refractivity contribution in [2.45, 2.75) is 37.3 Å². The number of nitrogens with zero attached hydrogens (tertiary/aromatic N) is 1. The molecule has 0 heterocycles. The van der Waals surface area contributed by atoms with Crippen LogP contribution in [0.1, 0.15) is 29.8 Å². The number of hydrogen-bond acceptors (Lipinski definition) is 7. The average molecular weight is 528 g/mol.